The molecule has 0 bridgehead atoms. The Balaban J connectivity index is 1.61. The van der Waals surface area contributed by atoms with E-state index in [4.69, 9.17) is 39.8 Å². The molecule has 164 valence electrons. The second kappa shape index (κ2) is 9.67. The van der Waals surface area contributed by atoms with Crippen molar-refractivity contribution in [3.8, 4) is 0 Å². The summed E-state index contributed by atoms with van der Waals surface area (Å²) in [4.78, 5) is 19.6. The number of amides is 1. The Morgan fingerprint density at radius 3 is 2.47 bits per heavy atom. The third-order valence-electron chi connectivity index (χ3n) is 5.49. The molecule has 1 aromatic heterocycles. The van der Waals surface area contributed by atoms with E-state index in [0.29, 0.717) is 12.6 Å². The largest absolute Gasteiger partial charge is 0.465 e. The number of anilines is 2. The average molecular weight is 474 g/mol. The topological polar surface area (TPSA) is 68.7 Å². The Bertz CT molecular complexity index is 880. The highest BCUT2D eigenvalue weighted by molar-refractivity contribution is 6.67. The molecule has 1 aliphatic rings. The first-order valence-electron chi connectivity index (χ1n) is 10.0. The zero-order chi connectivity index (χ0) is 21.9. The van der Waals surface area contributed by atoms with Gasteiger partial charge < -0.3 is 20.2 Å². The first kappa shape index (κ1) is 23.0. The third kappa shape index (κ3) is 6.19. The maximum Gasteiger partial charge on any atom is 0.407 e. The van der Waals surface area contributed by atoms with Crippen LogP contribution in [0.2, 0.25) is 0 Å². The fourth-order valence-electron chi connectivity index (χ4n) is 4.04. The normalized spacial score (nSPS) is 19.5. The molecule has 0 saturated heterocycles. The van der Waals surface area contributed by atoms with Crippen LogP contribution in [0.3, 0.4) is 0 Å². The van der Waals surface area contributed by atoms with Crippen molar-refractivity contribution in [2.45, 2.75) is 35.5 Å². The Morgan fingerprint density at radius 1 is 1.20 bits per heavy atom. The van der Waals surface area contributed by atoms with Crippen molar-refractivity contribution in [1.29, 1.82) is 0 Å². The summed E-state index contributed by atoms with van der Waals surface area (Å²) in [7, 11) is 4.06. The number of hydrogen-bond acceptors (Lipinski definition) is 4. The summed E-state index contributed by atoms with van der Waals surface area (Å²) in [6.07, 6.45) is 2.65. The van der Waals surface area contributed by atoms with Gasteiger partial charge in [-0.1, -0.05) is 53.0 Å². The van der Waals surface area contributed by atoms with Crippen LogP contribution >= 0.6 is 34.8 Å². The highest BCUT2D eigenvalue weighted by Crippen LogP contribution is 2.32. The minimum atomic E-state index is -1.61. The van der Waals surface area contributed by atoms with Gasteiger partial charge in [-0.15, -0.1) is 0 Å². The minimum Gasteiger partial charge on any atom is -0.465 e. The highest BCUT2D eigenvalue weighted by Gasteiger charge is 2.30. The molecule has 1 aromatic carbocycles. The fraction of sp³-hybridized carbons (Fsp3) is 0.524. The molecule has 1 amide bonds. The molecule has 30 heavy (non-hydrogen) atoms. The Kier molecular flexibility index (Phi) is 7.43. The van der Waals surface area contributed by atoms with E-state index in [1.54, 1.807) is 0 Å². The van der Waals surface area contributed by atoms with E-state index in [1.165, 1.54) is 4.90 Å². The number of nitrogens with one attached hydrogen (secondary N) is 1. The van der Waals surface area contributed by atoms with Crippen molar-refractivity contribution in [2.75, 3.05) is 37.4 Å². The van der Waals surface area contributed by atoms with Gasteiger partial charge in [-0.2, -0.15) is 0 Å². The maximum absolute atomic E-state index is 11.5. The summed E-state index contributed by atoms with van der Waals surface area (Å²) in [6.45, 7) is 0.258. The molecule has 9 heteroatoms. The van der Waals surface area contributed by atoms with Gasteiger partial charge >= 0.3 is 6.09 Å². The van der Waals surface area contributed by atoms with Crippen LogP contribution in [0.4, 0.5) is 16.3 Å². The number of hydrogen-bond donors (Lipinski definition) is 2. The third-order valence-corrected chi connectivity index (χ3v) is 5.85. The van der Waals surface area contributed by atoms with Gasteiger partial charge in [0, 0.05) is 43.8 Å². The minimum absolute atomic E-state index is 0.125. The zero-order valence-electron chi connectivity index (χ0n) is 17.1. The number of nitrogens with zero attached hydrogens (tertiary/aromatic N) is 3. The molecule has 2 aromatic rings. The van der Waals surface area contributed by atoms with Crippen LogP contribution in [-0.2, 0) is 0 Å². The molecule has 1 aliphatic carbocycles. The lowest BCUT2D eigenvalue weighted by Crippen LogP contribution is -2.41. The molecule has 6 nitrogen and oxygen atoms in total. The SMILES string of the molecule is CN(C)c1cc(NC2CCC(CN(CC(Cl)(Cl)Cl)C(=O)O)CC2)nc2ccccc12. The van der Waals surface area contributed by atoms with E-state index in [2.05, 4.69) is 22.3 Å². The molecule has 0 spiro atoms. The summed E-state index contributed by atoms with van der Waals surface area (Å²) in [5.74, 6) is 1.12. The van der Waals surface area contributed by atoms with Crippen molar-refractivity contribution in [1.82, 2.24) is 9.88 Å². The van der Waals surface area contributed by atoms with Gasteiger partial charge in [0.25, 0.3) is 0 Å². The Morgan fingerprint density at radius 2 is 1.87 bits per heavy atom. The first-order valence-corrected chi connectivity index (χ1v) is 11.1. The number of carbonyl (C=O) groups is 1. The molecule has 1 saturated carbocycles. The van der Waals surface area contributed by atoms with Gasteiger partial charge in [-0.25, -0.2) is 9.78 Å². The molecular formula is C21H27Cl3N4O2. The predicted molar refractivity (Wildman–Crippen MR) is 125 cm³/mol. The second-order valence-electron chi connectivity index (χ2n) is 8.08. The van der Waals surface area contributed by atoms with Crippen LogP contribution in [0.1, 0.15) is 25.7 Å². The summed E-state index contributed by atoms with van der Waals surface area (Å²) in [5.41, 5.74) is 2.09. The lowest BCUT2D eigenvalue weighted by molar-refractivity contribution is 0.131. The molecule has 0 aliphatic heterocycles. The van der Waals surface area contributed by atoms with E-state index in [1.807, 2.05) is 32.3 Å². The number of benzene rings is 1. The average Bonchev–Trinajstić information content (AvgIpc) is 2.67. The van der Waals surface area contributed by atoms with Crippen LogP contribution in [0, 0.1) is 5.92 Å². The quantitative estimate of drug-likeness (QED) is 0.533. The van der Waals surface area contributed by atoms with Crippen molar-refractivity contribution in [3.05, 3.63) is 30.3 Å². The summed E-state index contributed by atoms with van der Waals surface area (Å²) in [5, 5.41) is 14.1. The van der Waals surface area contributed by atoms with E-state index in [9.17, 15) is 9.90 Å². The number of aromatic nitrogens is 1. The summed E-state index contributed by atoms with van der Waals surface area (Å²) < 4.78 is -1.61. The standard InChI is InChI=1S/C21H27Cl3N4O2/c1-27(2)18-11-19(26-17-6-4-3-5-16(17)18)25-15-9-7-14(8-10-15)12-28(20(29)30)13-21(22,23)24/h3-6,11,14-15H,7-10,12-13H2,1-2H3,(H,25,26)(H,29,30). The van der Waals surface area contributed by atoms with Crippen LogP contribution in [0.25, 0.3) is 10.9 Å². The molecule has 1 heterocycles. The Hall–Kier alpha value is -1.63. The molecule has 0 unspecified atom stereocenters. The van der Waals surface area contributed by atoms with Gasteiger partial charge in [-0.05, 0) is 37.7 Å². The van der Waals surface area contributed by atoms with E-state index in [0.717, 1.165) is 48.1 Å². The van der Waals surface area contributed by atoms with Crippen molar-refractivity contribution in [3.63, 3.8) is 0 Å². The van der Waals surface area contributed by atoms with Crippen LogP contribution < -0.4 is 10.2 Å². The number of halogens is 3. The van der Waals surface area contributed by atoms with Crippen LogP contribution in [0.15, 0.2) is 30.3 Å². The van der Waals surface area contributed by atoms with Crippen LogP contribution in [0.5, 0.6) is 0 Å². The lowest BCUT2D eigenvalue weighted by atomic mass is 9.85. The molecule has 1 fully saturated rings. The smallest absolute Gasteiger partial charge is 0.407 e. The number of pyridine rings is 1. The lowest BCUT2D eigenvalue weighted by Gasteiger charge is -2.33. The number of fused-ring (bicyclic) bond motifs is 1. The maximum atomic E-state index is 11.5. The molecule has 0 atom stereocenters. The summed E-state index contributed by atoms with van der Waals surface area (Å²) in [6, 6.07) is 10.5. The van der Waals surface area contributed by atoms with E-state index < -0.39 is 9.89 Å². The van der Waals surface area contributed by atoms with Gasteiger partial charge in [0.2, 0.25) is 3.79 Å². The van der Waals surface area contributed by atoms with Gasteiger partial charge in [0.15, 0.2) is 0 Å². The number of rotatable bonds is 6. The predicted octanol–water partition coefficient (Wildman–Crippen LogP) is 5.62. The highest BCUT2D eigenvalue weighted by atomic mass is 35.6. The number of para-hydroxylation sites is 1. The second-order valence-corrected chi connectivity index (χ2v) is 10.6. The number of carboxylic acid groups (broad SMARTS) is 1. The Labute approximate surface area is 192 Å². The molecular weight excluding hydrogens is 447 g/mol. The molecule has 2 N–H and O–H groups in total. The van der Waals surface area contributed by atoms with Gasteiger partial charge in [0.05, 0.1) is 12.1 Å². The van der Waals surface area contributed by atoms with Gasteiger partial charge in [0.1, 0.15) is 5.82 Å². The fourth-order valence-corrected chi connectivity index (χ4v) is 4.47. The molecule has 3 rings (SSSR count). The molecule has 0 radical (unpaired) electrons. The van der Waals surface area contributed by atoms with Crippen molar-refractivity contribution in [2.24, 2.45) is 5.92 Å². The van der Waals surface area contributed by atoms with Gasteiger partial charge in [-0.3, -0.25) is 0 Å². The van der Waals surface area contributed by atoms with E-state index >= 15 is 0 Å². The zero-order valence-corrected chi connectivity index (χ0v) is 19.4. The van der Waals surface area contributed by atoms with E-state index in [-0.39, 0.29) is 12.5 Å². The summed E-state index contributed by atoms with van der Waals surface area (Å²) >= 11 is 17.4. The first-order chi connectivity index (χ1) is 14.1. The van der Waals surface area contributed by atoms with Crippen LogP contribution in [-0.4, -0.2) is 58.1 Å². The number of alkyl halides is 3. The van der Waals surface area contributed by atoms with Crippen molar-refractivity contribution >= 4 is 63.3 Å². The van der Waals surface area contributed by atoms with Crippen molar-refractivity contribution < 1.29 is 9.90 Å². The monoisotopic (exact) mass is 472 g/mol.